The summed E-state index contributed by atoms with van der Waals surface area (Å²) in [6, 6.07) is 6.46. The third kappa shape index (κ3) is 6.38. The van der Waals surface area contributed by atoms with Crippen LogP contribution in [0.4, 0.5) is 0 Å². The van der Waals surface area contributed by atoms with Gasteiger partial charge in [0.15, 0.2) is 6.10 Å². The Kier molecular flexibility index (Phi) is 7.25. The van der Waals surface area contributed by atoms with E-state index in [-0.39, 0.29) is 18.5 Å². The number of esters is 1. The minimum Gasteiger partial charge on any atom is -0.451 e. The molecular formula is C18H23ClN2O4. The van der Waals surface area contributed by atoms with E-state index in [1.807, 2.05) is 0 Å². The van der Waals surface area contributed by atoms with Crippen molar-refractivity contribution in [2.45, 2.75) is 51.2 Å². The SMILES string of the molecule is CC(OC(=O)CNC(=O)c1ccc(Cl)cc1)C(=O)NC1CCCCC1. The summed E-state index contributed by atoms with van der Waals surface area (Å²) >= 11 is 5.76. The summed E-state index contributed by atoms with van der Waals surface area (Å²) in [6.45, 7) is 1.22. The molecule has 0 bridgehead atoms. The molecule has 1 saturated carbocycles. The molecular weight excluding hydrogens is 344 g/mol. The van der Waals surface area contributed by atoms with E-state index < -0.39 is 18.0 Å². The van der Waals surface area contributed by atoms with Crippen molar-refractivity contribution < 1.29 is 19.1 Å². The summed E-state index contributed by atoms with van der Waals surface area (Å²) in [5.74, 6) is -1.37. The molecule has 1 unspecified atom stereocenters. The summed E-state index contributed by atoms with van der Waals surface area (Å²) in [7, 11) is 0. The maximum Gasteiger partial charge on any atom is 0.326 e. The van der Waals surface area contributed by atoms with E-state index in [1.165, 1.54) is 13.3 Å². The molecule has 0 aliphatic heterocycles. The topological polar surface area (TPSA) is 84.5 Å². The second kappa shape index (κ2) is 9.42. The number of amides is 2. The molecule has 1 atom stereocenters. The van der Waals surface area contributed by atoms with Crippen molar-refractivity contribution >= 4 is 29.4 Å². The van der Waals surface area contributed by atoms with Gasteiger partial charge >= 0.3 is 5.97 Å². The van der Waals surface area contributed by atoms with Crippen LogP contribution >= 0.6 is 11.6 Å². The van der Waals surface area contributed by atoms with Crippen LogP contribution in [-0.2, 0) is 14.3 Å². The standard InChI is InChI=1S/C18H23ClN2O4/c1-12(17(23)21-15-5-3-2-4-6-15)25-16(22)11-20-18(24)13-7-9-14(19)10-8-13/h7-10,12,15H,2-6,11H2,1H3,(H,20,24)(H,21,23). The molecule has 0 radical (unpaired) electrons. The van der Waals surface area contributed by atoms with Crippen molar-refractivity contribution in [1.82, 2.24) is 10.6 Å². The fraction of sp³-hybridized carbons (Fsp3) is 0.500. The van der Waals surface area contributed by atoms with E-state index in [1.54, 1.807) is 24.3 Å². The van der Waals surface area contributed by atoms with Crippen LogP contribution < -0.4 is 10.6 Å². The largest absolute Gasteiger partial charge is 0.451 e. The molecule has 0 heterocycles. The fourth-order valence-electron chi connectivity index (χ4n) is 2.71. The third-order valence-electron chi connectivity index (χ3n) is 4.13. The van der Waals surface area contributed by atoms with E-state index in [4.69, 9.17) is 16.3 Å². The molecule has 1 aromatic carbocycles. The maximum absolute atomic E-state index is 12.1. The number of hydrogen-bond acceptors (Lipinski definition) is 4. The highest BCUT2D eigenvalue weighted by molar-refractivity contribution is 6.30. The molecule has 136 valence electrons. The molecule has 25 heavy (non-hydrogen) atoms. The minimum absolute atomic E-state index is 0.159. The normalized spacial score (nSPS) is 15.9. The molecule has 1 aliphatic rings. The van der Waals surface area contributed by atoms with Gasteiger partial charge in [-0.15, -0.1) is 0 Å². The molecule has 0 aromatic heterocycles. The van der Waals surface area contributed by atoms with Crippen molar-refractivity contribution in [3.8, 4) is 0 Å². The third-order valence-corrected chi connectivity index (χ3v) is 4.38. The van der Waals surface area contributed by atoms with Crippen LogP contribution in [0.3, 0.4) is 0 Å². The Morgan fingerprint density at radius 3 is 2.44 bits per heavy atom. The molecule has 0 saturated heterocycles. The lowest BCUT2D eigenvalue weighted by Crippen LogP contribution is -2.43. The van der Waals surface area contributed by atoms with E-state index >= 15 is 0 Å². The summed E-state index contributed by atoms with van der Waals surface area (Å²) in [5.41, 5.74) is 0.389. The van der Waals surface area contributed by atoms with Gasteiger partial charge in [0.1, 0.15) is 6.54 Å². The monoisotopic (exact) mass is 366 g/mol. The highest BCUT2D eigenvalue weighted by Gasteiger charge is 2.22. The molecule has 1 aliphatic carbocycles. The van der Waals surface area contributed by atoms with Gasteiger partial charge in [0.25, 0.3) is 11.8 Å². The Morgan fingerprint density at radius 2 is 1.80 bits per heavy atom. The van der Waals surface area contributed by atoms with E-state index in [9.17, 15) is 14.4 Å². The summed E-state index contributed by atoms with van der Waals surface area (Å²) in [5, 5.41) is 5.88. The van der Waals surface area contributed by atoms with Crippen molar-refractivity contribution in [3.63, 3.8) is 0 Å². The molecule has 2 rings (SSSR count). The van der Waals surface area contributed by atoms with Crippen LogP contribution in [0, 0.1) is 0 Å². The molecule has 2 N–H and O–H groups in total. The van der Waals surface area contributed by atoms with Crippen LogP contribution in [-0.4, -0.2) is 36.5 Å². The first kappa shape index (κ1) is 19.2. The first-order chi connectivity index (χ1) is 12.0. The zero-order valence-electron chi connectivity index (χ0n) is 14.2. The smallest absolute Gasteiger partial charge is 0.326 e. The molecule has 1 fully saturated rings. The predicted octanol–water partition coefficient (Wildman–Crippen LogP) is 2.45. The number of halogens is 1. The first-order valence-electron chi connectivity index (χ1n) is 8.49. The molecule has 7 heteroatoms. The highest BCUT2D eigenvalue weighted by atomic mass is 35.5. The number of hydrogen-bond donors (Lipinski definition) is 2. The van der Waals surface area contributed by atoms with Crippen molar-refractivity contribution in [2.24, 2.45) is 0 Å². The Hall–Kier alpha value is -2.08. The van der Waals surface area contributed by atoms with E-state index in [2.05, 4.69) is 10.6 Å². The van der Waals surface area contributed by atoms with Gasteiger partial charge < -0.3 is 15.4 Å². The average molecular weight is 367 g/mol. The predicted molar refractivity (Wildman–Crippen MR) is 94.4 cm³/mol. The van der Waals surface area contributed by atoms with Gasteiger partial charge in [-0.25, -0.2) is 0 Å². The number of nitrogens with one attached hydrogen (secondary N) is 2. The second-order valence-corrected chi connectivity index (χ2v) is 6.60. The minimum atomic E-state index is -0.887. The Morgan fingerprint density at radius 1 is 1.16 bits per heavy atom. The van der Waals surface area contributed by atoms with Gasteiger partial charge in [-0.3, -0.25) is 14.4 Å². The molecule has 1 aromatic rings. The van der Waals surface area contributed by atoms with Gasteiger partial charge in [0.2, 0.25) is 0 Å². The Bertz CT molecular complexity index is 612. The van der Waals surface area contributed by atoms with Crippen LogP contribution in [0.15, 0.2) is 24.3 Å². The number of carbonyl (C=O) groups is 3. The summed E-state index contributed by atoms with van der Waals surface area (Å²) in [6.07, 6.45) is 4.45. The van der Waals surface area contributed by atoms with Gasteiger partial charge in [-0.05, 0) is 44.0 Å². The lowest BCUT2D eigenvalue weighted by Gasteiger charge is -2.24. The quantitative estimate of drug-likeness (QED) is 0.757. The zero-order valence-corrected chi connectivity index (χ0v) is 15.0. The molecule has 0 spiro atoms. The maximum atomic E-state index is 12.1. The zero-order chi connectivity index (χ0) is 18.2. The summed E-state index contributed by atoms with van der Waals surface area (Å²) < 4.78 is 5.07. The second-order valence-electron chi connectivity index (χ2n) is 6.17. The Balaban J connectivity index is 1.72. The molecule has 6 nitrogen and oxygen atoms in total. The number of ether oxygens (including phenoxy) is 1. The van der Waals surface area contributed by atoms with Gasteiger partial charge in [0, 0.05) is 16.6 Å². The highest BCUT2D eigenvalue weighted by Crippen LogP contribution is 2.17. The van der Waals surface area contributed by atoms with Gasteiger partial charge in [-0.2, -0.15) is 0 Å². The first-order valence-corrected chi connectivity index (χ1v) is 8.87. The van der Waals surface area contributed by atoms with E-state index in [0.29, 0.717) is 10.6 Å². The van der Waals surface area contributed by atoms with Gasteiger partial charge in [0.05, 0.1) is 0 Å². The fourth-order valence-corrected chi connectivity index (χ4v) is 2.84. The van der Waals surface area contributed by atoms with Crippen LogP contribution in [0.1, 0.15) is 49.4 Å². The van der Waals surface area contributed by atoms with Crippen LogP contribution in [0.5, 0.6) is 0 Å². The lowest BCUT2D eigenvalue weighted by molar-refractivity contribution is -0.154. The van der Waals surface area contributed by atoms with E-state index in [0.717, 1.165) is 25.7 Å². The summed E-state index contributed by atoms with van der Waals surface area (Å²) in [4.78, 5) is 35.8. The average Bonchev–Trinajstić information content (AvgIpc) is 2.61. The molecule has 2 amide bonds. The lowest BCUT2D eigenvalue weighted by atomic mass is 9.95. The van der Waals surface area contributed by atoms with Crippen LogP contribution in [0.25, 0.3) is 0 Å². The van der Waals surface area contributed by atoms with Crippen molar-refractivity contribution in [1.29, 1.82) is 0 Å². The van der Waals surface area contributed by atoms with Crippen molar-refractivity contribution in [3.05, 3.63) is 34.9 Å². The number of rotatable bonds is 6. The van der Waals surface area contributed by atoms with Crippen molar-refractivity contribution in [2.75, 3.05) is 6.54 Å². The number of benzene rings is 1. The van der Waals surface area contributed by atoms with Gasteiger partial charge in [-0.1, -0.05) is 30.9 Å². The Labute approximate surface area is 152 Å². The van der Waals surface area contributed by atoms with Crippen LogP contribution in [0.2, 0.25) is 5.02 Å². The number of carbonyl (C=O) groups excluding carboxylic acids is 3.